The van der Waals surface area contributed by atoms with Gasteiger partial charge < -0.3 is 18.3 Å². The maximum atomic E-state index is 2.57. The average molecular weight is 845 g/mol. The SMILES string of the molecule is c1ccc(-c2c(-c3ccc(N4c5cc6cc(-c7ccccc7)n(-c7ccc(-c8cn9ccccc9c8-c8ccccc8)cc7)c6cc5CC4c4ccccc4)cc3)cn3ccccc23)cc1. The molecule has 12 aromatic rings. The first kappa shape index (κ1) is 37.9. The molecule has 13 rings (SSSR count). The van der Waals surface area contributed by atoms with Crippen LogP contribution in [0.15, 0.2) is 249 Å². The first-order valence-electron chi connectivity index (χ1n) is 22.8. The molecule has 1 atom stereocenters. The van der Waals surface area contributed by atoms with Gasteiger partial charge in [-0.15, -0.1) is 0 Å². The second kappa shape index (κ2) is 15.6. The Bertz CT molecular complexity index is 3690. The molecule has 7 aromatic carbocycles. The molecule has 0 radical (unpaired) electrons. The third-order valence-electron chi connectivity index (χ3n) is 13.6. The molecule has 0 N–H and O–H groups in total. The van der Waals surface area contributed by atoms with Crippen LogP contribution in [0.25, 0.3) is 83.4 Å². The van der Waals surface area contributed by atoms with Crippen molar-refractivity contribution in [2.75, 3.05) is 4.90 Å². The van der Waals surface area contributed by atoms with Crippen LogP contribution in [0.4, 0.5) is 11.4 Å². The van der Waals surface area contributed by atoms with E-state index in [2.05, 4.69) is 268 Å². The first-order valence-corrected chi connectivity index (χ1v) is 22.8. The lowest BCUT2D eigenvalue weighted by Crippen LogP contribution is -2.19. The number of hydrogen-bond acceptors (Lipinski definition) is 1. The molecule has 4 nitrogen and oxygen atoms in total. The summed E-state index contributed by atoms with van der Waals surface area (Å²) in [5, 5.41) is 1.21. The Morgan fingerprint density at radius 1 is 0.379 bits per heavy atom. The Balaban J connectivity index is 0.932. The molecule has 1 aliphatic heterocycles. The largest absolute Gasteiger partial charge is 0.333 e. The van der Waals surface area contributed by atoms with Gasteiger partial charge >= 0.3 is 0 Å². The highest BCUT2D eigenvalue weighted by atomic mass is 15.2. The summed E-state index contributed by atoms with van der Waals surface area (Å²) in [5.74, 6) is 0. The van der Waals surface area contributed by atoms with Gasteiger partial charge in [-0.05, 0) is 112 Å². The van der Waals surface area contributed by atoms with Gasteiger partial charge in [-0.3, -0.25) is 0 Å². The summed E-state index contributed by atoms with van der Waals surface area (Å²) < 4.78 is 6.95. The quantitative estimate of drug-likeness (QED) is 0.149. The maximum Gasteiger partial charge on any atom is 0.0632 e. The Morgan fingerprint density at radius 2 is 0.864 bits per heavy atom. The van der Waals surface area contributed by atoms with E-state index in [1.807, 2.05) is 0 Å². The zero-order chi connectivity index (χ0) is 43.6. The molecular weight excluding hydrogens is 801 g/mol. The van der Waals surface area contributed by atoms with Crippen LogP contribution in [0.5, 0.6) is 0 Å². The van der Waals surface area contributed by atoms with E-state index >= 15 is 0 Å². The van der Waals surface area contributed by atoms with Crippen LogP contribution in [-0.2, 0) is 6.42 Å². The lowest BCUT2D eigenvalue weighted by molar-refractivity contribution is 0.743. The molecule has 0 spiro atoms. The number of nitrogens with zero attached hydrogens (tertiary/aromatic N) is 4. The lowest BCUT2D eigenvalue weighted by atomic mass is 9.97. The van der Waals surface area contributed by atoms with Crippen LogP contribution >= 0.6 is 0 Å². The van der Waals surface area contributed by atoms with Gasteiger partial charge in [0.15, 0.2) is 0 Å². The van der Waals surface area contributed by atoms with Crippen molar-refractivity contribution in [3.63, 3.8) is 0 Å². The van der Waals surface area contributed by atoms with E-state index in [0.29, 0.717) is 0 Å². The summed E-state index contributed by atoms with van der Waals surface area (Å²) in [4.78, 5) is 2.57. The highest BCUT2D eigenvalue weighted by molar-refractivity contribution is 5.98. The Kier molecular flexibility index (Phi) is 8.95. The predicted molar refractivity (Wildman–Crippen MR) is 274 cm³/mol. The fourth-order valence-corrected chi connectivity index (χ4v) is 10.6. The number of anilines is 2. The Hall–Kier alpha value is -8.60. The average Bonchev–Trinajstić information content (AvgIpc) is 4.17. The normalized spacial score (nSPS) is 13.5. The molecule has 66 heavy (non-hydrogen) atoms. The summed E-state index contributed by atoms with van der Waals surface area (Å²) >= 11 is 0. The van der Waals surface area contributed by atoms with E-state index in [1.54, 1.807) is 0 Å². The van der Waals surface area contributed by atoms with Crippen LogP contribution in [-0.4, -0.2) is 13.4 Å². The van der Waals surface area contributed by atoms with Gasteiger partial charge in [0.25, 0.3) is 0 Å². The van der Waals surface area contributed by atoms with Crippen LogP contribution in [0.1, 0.15) is 17.2 Å². The summed E-state index contributed by atoms with van der Waals surface area (Å²) in [5.41, 5.74) is 22.0. The standard InChI is InChI=1S/C62H44N4/c1-5-17-45(18-6-1)57-37-49-39-60-50(40-59(49)65(57)51-31-27-43(28-32-51)53-41-63-35-15-13-25-55(63)61(53)47-21-9-3-10-22-47)38-58(46-19-7-2-8-20-46)66(60)52-33-29-44(30-34-52)54-42-64-36-16-14-26-56(64)62(54)48-23-11-4-12-24-48/h1-37,39-42,58H,38H2. The number of aromatic nitrogens is 3. The van der Waals surface area contributed by atoms with E-state index in [-0.39, 0.29) is 6.04 Å². The minimum absolute atomic E-state index is 0.147. The van der Waals surface area contributed by atoms with Gasteiger partial charge in [-0.1, -0.05) is 158 Å². The molecule has 4 heteroatoms. The van der Waals surface area contributed by atoms with E-state index < -0.39 is 0 Å². The number of hydrogen-bond donors (Lipinski definition) is 0. The molecule has 1 aliphatic rings. The fourth-order valence-electron chi connectivity index (χ4n) is 10.6. The van der Waals surface area contributed by atoms with Crippen molar-refractivity contribution < 1.29 is 0 Å². The lowest BCUT2D eigenvalue weighted by Gasteiger charge is -2.28. The summed E-state index contributed by atoms with van der Waals surface area (Å²) in [6, 6.07) is 82.1. The molecule has 6 heterocycles. The molecule has 0 aliphatic carbocycles. The molecule has 0 fully saturated rings. The minimum Gasteiger partial charge on any atom is -0.333 e. The maximum absolute atomic E-state index is 2.57. The van der Waals surface area contributed by atoms with Crippen LogP contribution in [0.3, 0.4) is 0 Å². The van der Waals surface area contributed by atoms with E-state index in [0.717, 1.165) is 12.1 Å². The zero-order valence-corrected chi connectivity index (χ0v) is 36.2. The summed E-state index contributed by atoms with van der Waals surface area (Å²) in [7, 11) is 0. The molecule has 1 unspecified atom stereocenters. The smallest absolute Gasteiger partial charge is 0.0632 e. The summed E-state index contributed by atoms with van der Waals surface area (Å²) in [6.45, 7) is 0. The number of benzene rings is 7. The van der Waals surface area contributed by atoms with Crippen LogP contribution < -0.4 is 4.90 Å². The van der Waals surface area contributed by atoms with Crippen molar-refractivity contribution in [2.45, 2.75) is 12.5 Å². The number of fused-ring (bicyclic) bond motifs is 4. The van der Waals surface area contributed by atoms with E-state index in [4.69, 9.17) is 0 Å². The van der Waals surface area contributed by atoms with Gasteiger partial charge in [0.05, 0.1) is 28.3 Å². The highest BCUT2D eigenvalue weighted by Gasteiger charge is 2.33. The molecule has 0 amide bonds. The zero-order valence-electron chi connectivity index (χ0n) is 36.2. The van der Waals surface area contributed by atoms with Crippen LogP contribution in [0, 0.1) is 0 Å². The van der Waals surface area contributed by atoms with Gasteiger partial charge in [-0.2, -0.15) is 0 Å². The number of rotatable bonds is 8. The van der Waals surface area contributed by atoms with E-state index in [9.17, 15) is 0 Å². The van der Waals surface area contributed by atoms with Gasteiger partial charge in [0.1, 0.15) is 0 Å². The molecule has 0 bridgehead atoms. The van der Waals surface area contributed by atoms with Gasteiger partial charge in [0.2, 0.25) is 0 Å². The first-order chi connectivity index (χ1) is 32.7. The van der Waals surface area contributed by atoms with Crippen molar-refractivity contribution in [1.82, 2.24) is 13.4 Å². The molecule has 0 saturated carbocycles. The van der Waals surface area contributed by atoms with E-state index in [1.165, 1.54) is 100 Å². The monoisotopic (exact) mass is 844 g/mol. The second-order valence-electron chi connectivity index (χ2n) is 17.4. The highest BCUT2D eigenvalue weighted by Crippen LogP contribution is 2.49. The van der Waals surface area contributed by atoms with Crippen molar-refractivity contribution in [3.05, 3.63) is 260 Å². The Labute approximate surface area is 384 Å². The molecule has 0 saturated heterocycles. The van der Waals surface area contributed by atoms with Crippen molar-refractivity contribution in [3.8, 4) is 61.5 Å². The van der Waals surface area contributed by atoms with Crippen molar-refractivity contribution in [2.24, 2.45) is 0 Å². The van der Waals surface area contributed by atoms with Gasteiger partial charge in [0, 0.05) is 69.5 Å². The van der Waals surface area contributed by atoms with Crippen LogP contribution in [0.2, 0.25) is 0 Å². The summed E-state index contributed by atoms with van der Waals surface area (Å²) in [6.07, 6.45) is 9.72. The Morgan fingerprint density at radius 3 is 1.41 bits per heavy atom. The third-order valence-corrected chi connectivity index (χ3v) is 13.6. The van der Waals surface area contributed by atoms with Gasteiger partial charge in [-0.25, -0.2) is 0 Å². The van der Waals surface area contributed by atoms with Crippen molar-refractivity contribution in [1.29, 1.82) is 0 Å². The molecular formula is C62H44N4. The predicted octanol–water partition coefficient (Wildman–Crippen LogP) is 15.9. The molecule has 312 valence electrons. The fraction of sp³-hybridized carbons (Fsp3) is 0.0323. The number of pyridine rings is 2. The second-order valence-corrected chi connectivity index (χ2v) is 17.4. The minimum atomic E-state index is 0.147. The van der Waals surface area contributed by atoms with Crippen molar-refractivity contribution >= 4 is 33.3 Å². The topological polar surface area (TPSA) is 17.0 Å². The molecule has 5 aromatic heterocycles. The third kappa shape index (κ3) is 6.29.